The van der Waals surface area contributed by atoms with Crippen molar-refractivity contribution < 1.29 is 4.74 Å². The second kappa shape index (κ2) is 6.82. The van der Waals surface area contributed by atoms with Crippen molar-refractivity contribution in [2.75, 3.05) is 31.6 Å². The second-order valence-corrected chi connectivity index (χ2v) is 8.78. The van der Waals surface area contributed by atoms with Crippen LogP contribution in [0.1, 0.15) is 37.3 Å². The van der Waals surface area contributed by atoms with Gasteiger partial charge in [0.25, 0.3) is 0 Å². The fourth-order valence-electron chi connectivity index (χ4n) is 5.45. The van der Waals surface area contributed by atoms with Gasteiger partial charge in [-0.05, 0) is 55.2 Å². The van der Waals surface area contributed by atoms with Crippen molar-refractivity contribution in [3.05, 3.63) is 35.3 Å². The molecule has 4 atom stereocenters. The Morgan fingerprint density at radius 1 is 1.12 bits per heavy atom. The number of methoxy groups -OCH3 is 1. The predicted octanol–water partition coefficient (Wildman–Crippen LogP) is 3.60. The molecule has 0 saturated carbocycles. The number of nitrogens with zero attached hydrogens (tertiary/aromatic N) is 4. The van der Waals surface area contributed by atoms with E-state index >= 15 is 0 Å². The van der Waals surface area contributed by atoms with E-state index in [0.717, 1.165) is 35.8 Å². The van der Waals surface area contributed by atoms with Crippen molar-refractivity contribution in [3.63, 3.8) is 0 Å². The smallest absolute Gasteiger partial charge is 0.208 e. The van der Waals surface area contributed by atoms with Crippen LogP contribution in [0.25, 0.3) is 0 Å². The maximum Gasteiger partial charge on any atom is 0.208 e. The van der Waals surface area contributed by atoms with Crippen molar-refractivity contribution in [2.24, 2.45) is 11.8 Å². The summed E-state index contributed by atoms with van der Waals surface area (Å²) >= 11 is 1.68. The van der Waals surface area contributed by atoms with Gasteiger partial charge >= 0.3 is 0 Å². The fraction of sp³-hybridized carbons (Fsp3) is 0.600. The van der Waals surface area contributed by atoms with Gasteiger partial charge in [-0.15, -0.1) is 10.2 Å². The Morgan fingerprint density at radius 3 is 2.77 bits per heavy atom. The Kier molecular flexibility index (Phi) is 4.33. The first-order valence-electron chi connectivity index (χ1n) is 9.72. The van der Waals surface area contributed by atoms with Gasteiger partial charge in [-0.3, -0.25) is 4.90 Å². The lowest BCUT2D eigenvalue weighted by molar-refractivity contribution is -0.0200. The van der Waals surface area contributed by atoms with Gasteiger partial charge in [0.15, 0.2) is 0 Å². The van der Waals surface area contributed by atoms with E-state index in [4.69, 9.17) is 4.74 Å². The minimum atomic E-state index is 0.568. The Hall–Kier alpha value is -1.66. The molecule has 0 unspecified atom stereocenters. The third kappa shape index (κ3) is 2.89. The van der Waals surface area contributed by atoms with Gasteiger partial charge in [0.2, 0.25) is 5.13 Å². The molecule has 6 heteroatoms. The van der Waals surface area contributed by atoms with Crippen molar-refractivity contribution in [2.45, 2.75) is 37.8 Å². The molecule has 26 heavy (non-hydrogen) atoms. The molecule has 3 aliphatic rings. The van der Waals surface area contributed by atoms with Crippen LogP contribution in [0.15, 0.2) is 29.8 Å². The number of hydrogen-bond donors (Lipinski definition) is 0. The lowest BCUT2D eigenvalue weighted by Gasteiger charge is -2.55. The summed E-state index contributed by atoms with van der Waals surface area (Å²) < 4.78 is 5.34. The van der Waals surface area contributed by atoms with Gasteiger partial charge in [-0.2, -0.15) is 0 Å². The van der Waals surface area contributed by atoms with E-state index in [0.29, 0.717) is 12.1 Å². The summed E-state index contributed by atoms with van der Waals surface area (Å²) in [6.45, 7) is 3.49. The standard InChI is InChI=1S/C20H26N4OS/c1-25-17-7-5-15(6-8-17)18-3-2-4-19-16-9-14(11-24(18)19)10-23(12-16)20-22-21-13-26-20/h5-8,13-14,16,18-19H,2-4,9-12H2,1H3/t14-,16+,18+,19-/m0/s1. The minimum Gasteiger partial charge on any atom is -0.497 e. The average molecular weight is 371 g/mol. The summed E-state index contributed by atoms with van der Waals surface area (Å²) in [5.74, 6) is 2.45. The molecule has 3 aliphatic heterocycles. The van der Waals surface area contributed by atoms with Crippen LogP contribution in [0.3, 0.4) is 0 Å². The molecule has 0 amide bonds. The molecule has 5 rings (SSSR count). The molecule has 0 N–H and O–H groups in total. The lowest BCUT2D eigenvalue weighted by Crippen LogP contribution is -2.59. The maximum absolute atomic E-state index is 5.34. The van der Waals surface area contributed by atoms with Gasteiger partial charge in [0.05, 0.1) is 7.11 Å². The Labute approximate surface area is 159 Å². The Balaban J connectivity index is 1.37. The van der Waals surface area contributed by atoms with Gasteiger partial charge in [-0.25, -0.2) is 0 Å². The summed E-state index contributed by atoms with van der Waals surface area (Å²) in [5.41, 5.74) is 3.31. The normalized spacial score (nSPS) is 31.5. The maximum atomic E-state index is 5.34. The van der Waals surface area contributed by atoms with Crippen molar-refractivity contribution in [1.82, 2.24) is 15.1 Å². The molecule has 1 aromatic heterocycles. The molecule has 3 fully saturated rings. The van der Waals surface area contributed by atoms with Crippen LogP contribution in [-0.2, 0) is 0 Å². The fourth-order valence-corrected chi connectivity index (χ4v) is 6.03. The van der Waals surface area contributed by atoms with Crippen LogP contribution in [-0.4, -0.2) is 47.9 Å². The van der Waals surface area contributed by atoms with Crippen LogP contribution in [0.2, 0.25) is 0 Å². The quantitative estimate of drug-likeness (QED) is 0.826. The van der Waals surface area contributed by atoms with E-state index in [2.05, 4.69) is 44.3 Å². The summed E-state index contributed by atoms with van der Waals surface area (Å²) in [6, 6.07) is 10.0. The number of fused-ring (bicyclic) bond motifs is 4. The third-order valence-electron chi connectivity index (χ3n) is 6.51. The Bertz CT molecular complexity index is 735. The first kappa shape index (κ1) is 16.5. The number of anilines is 1. The van der Waals surface area contributed by atoms with E-state index in [1.165, 1.54) is 37.8 Å². The second-order valence-electron chi connectivity index (χ2n) is 7.97. The monoisotopic (exact) mass is 370 g/mol. The number of hydrogen-bond acceptors (Lipinski definition) is 6. The van der Waals surface area contributed by atoms with Crippen LogP contribution < -0.4 is 9.64 Å². The van der Waals surface area contributed by atoms with E-state index in [1.54, 1.807) is 18.4 Å². The molecule has 2 aromatic rings. The first-order chi connectivity index (χ1) is 12.8. The highest BCUT2D eigenvalue weighted by atomic mass is 32.1. The average Bonchev–Trinajstić information content (AvgIpc) is 3.22. The summed E-state index contributed by atoms with van der Waals surface area (Å²) in [4.78, 5) is 5.33. The van der Waals surface area contributed by atoms with Crippen LogP contribution in [0, 0.1) is 11.8 Å². The number of ether oxygens (including phenoxy) is 1. The topological polar surface area (TPSA) is 41.5 Å². The van der Waals surface area contributed by atoms with Crippen molar-refractivity contribution in [3.8, 4) is 5.75 Å². The summed E-state index contributed by atoms with van der Waals surface area (Å²) in [7, 11) is 1.74. The number of benzene rings is 1. The number of piperidine rings is 3. The van der Waals surface area contributed by atoms with Gasteiger partial charge in [0, 0.05) is 31.7 Å². The molecule has 3 saturated heterocycles. The first-order valence-corrected chi connectivity index (χ1v) is 10.6. The molecule has 5 nitrogen and oxygen atoms in total. The lowest BCUT2D eigenvalue weighted by atomic mass is 9.74. The molecule has 4 heterocycles. The zero-order valence-corrected chi connectivity index (χ0v) is 16.1. The van der Waals surface area contributed by atoms with E-state index in [-0.39, 0.29) is 0 Å². The minimum absolute atomic E-state index is 0.568. The van der Waals surface area contributed by atoms with E-state index < -0.39 is 0 Å². The van der Waals surface area contributed by atoms with Gasteiger partial charge < -0.3 is 9.64 Å². The largest absolute Gasteiger partial charge is 0.497 e. The van der Waals surface area contributed by atoms with Gasteiger partial charge in [-0.1, -0.05) is 23.5 Å². The molecule has 1 aromatic carbocycles. The predicted molar refractivity (Wildman–Crippen MR) is 104 cm³/mol. The highest BCUT2D eigenvalue weighted by Gasteiger charge is 2.45. The Morgan fingerprint density at radius 2 is 2.00 bits per heavy atom. The summed E-state index contributed by atoms with van der Waals surface area (Å²) in [6.07, 6.45) is 5.33. The number of rotatable bonds is 3. The molecular formula is C20H26N4OS. The molecule has 0 spiro atoms. The molecule has 0 aliphatic carbocycles. The SMILES string of the molecule is COc1ccc([C@H]2CCC[C@H]3[C@@H]4C[C@@H](CN(c5nncs5)C4)CN23)cc1. The van der Waals surface area contributed by atoms with E-state index in [9.17, 15) is 0 Å². The third-order valence-corrected chi connectivity index (χ3v) is 7.26. The summed E-state index contributed by atoms with van der Waals surface area (Å²) in [5, 5.41) is 9.47. The molecular weight excluding hydrogens is 344 g/mol. The van der Waals surface area contributed by atoms with Crippen LogP contribution in [0.4, 0.5) is 5.13 Å². The zero-order valence-electron chi connectivity index (χ0n) is 15.3. The van der Waals surface area contributed by atoms with Crippen molar-refractivity contribution >= 4 is 16.5 Å². The molecule has 0 radical (unpaired) electrons. The highest BCUT2D eigenvalue weighted by Crippen LogP contribution is 2.45. The van der Waals surface area contributed by atoms with Crippen LogP contribution in [0.5, 0.6) is 5.75 Å². The van der Waals surface area contributed by atoms with Gasteiger partial charge in [0.1, 0.15) is 11.3 Å². The van der Waals surface area contributed by atoms with E-state index in [1.807, 2.05) is 5.51 Å². The van der Waals surface area contributed by atoms with Crippen molar-refractivity contribution in [1.29, 1.82) is 0 Å². The van der Waals surface area contributed by atoms with Crippen LogP contribution >= 0.6 is 11.3 Å². The molecule has 2 bridgehead atoms. The zero-order chi connectivity index (χ0) is 17.5. The number of aromatic nitrogens is 2. The molecule has 138 valence electrons. The highest BCUT2D eigenvalue weighted by molar-refractivity contribution is 7.13.